The van der Waals surface area contributed by atoms with Crippen LogP contribution in [0, 0.1) is 5.82 Å². The predicted octanol–water partition coefficient (Wildman–Crippen LogP) is 3.96. The molecule has 2 aromatic rings. The summed E-state index contributed by atoms with van der Waals surface area (Å²) in [5.74, 6) is -0.540. The standard InChI is InChI=1S/C16H14BrFN2O/c17-14-4-3-12(18)10-13(14)16(21)20-9-1-2-15(20)11-5-7-19-8-6-11/h3-8,10,15H,1-2,9H2. The second kappa shape index (κ2) is 5.93. The van der Waals surface area contributed by atoms with E-state index in [9.17, 15) is 9.18 Å². The number of carbonyl (C=O) groups is 1. The third-order valence-corrected chi connectivity index (χ3v) is 4.45. The maximum absolute atomic E-state index is 13.4. The van der Waals surface area contributed by atoms with Crippen LogP contribution in [0.15, 0.2) is 47.2 Å². The summed E-state index contributed by atoms with van der Waals surface area (Å²) in [4.78, 5) is 18.5. The van der Waals surface area contributed by atoms with Crippen molar-refractivity contribution in [1.82, 2.24) is 9.88 Å². The highest BCUT2D eigenvalue weighted by Crippen LogP contribution is 2.34. The Morgan fingerprint density at radius 2 is 2.05 bits per heavy atom. The smallest absolute Gasteiger partial charge is 0.255 e. The van der Waals surface area contributed by atoms with Crippen molar-refractivity contribution in [2.45, 2.75) is 18.9 Å². The molecule has 108 valence electrons. The number of benzene rings is 1. The van der Waals surface area contributed by atoms with Crippen LogP contribution in [0.25, 0.3) is 0 Å². The Morgan fingerprint density at radius 1 is 1.29 bits per heavy atom. The molecule has 0 N–H and O–H groups in total. The number of pyridine rings is 1. The van der Waals surface area contributed by atoms with E-state index in [0.29, 0.717) is 16.6 Å². The second-order valence-electron chi connectivity index (χ2n) is 5.06. The summed E-state index contributed by atoms with van der Waals surface area (Å²) in [6.07, 6.45) is 5.33. The fourth-order valence-corrected chi connectivity index (χ4v) is 3.17. The van der Waals surface area contributed by atoms with Gasteiger partial charge in [-0.2, -0.15) is 0 Å². The number of halogens is 2. The zero-order chi connectivity index (χ0) is 14.8. The van der Waals surface area contributed by atoms with Gasteiger partial charge >= 0.3 is 0 Å². The summed E-state index contributed by atoms with van der Waals surface area (Å²) in [5, 5.41) is 0. The van der Waals surface area contributed by atoms with E-state index >= 15 is 0 Å². The van der Waals surface area contributed by atoms with Crippen LogP contribution in [0.2, 0.25) is 0 Å². The first-order chi connectivity index (χ1) is 10.2. The molecule has 1 aliphatic rings. The van der Waals surface area contributed by atoms with Gasteiger partial charge in [0.1, 0.15) is 5.82 Å². The number of hydrogen-bond donors (Lipinski definition) is 0. The van der Waals surface area contributed by atoms with Crippen LogP contribution in [0.4, 0.5) is 4.39 Å². The zero-order valence-electron chi connectivity index (χ0n) is 11.3. The predicted molar refractivity (Wildman–Crippen MR) is 81.3 cm³/mol. The molecule has 1 aromatic heterocycles. The van der Waals surface area contributed by atoms with E-state index in [1.807, 2.05) is 17.0 Å². The first kappa shape index (κ1) is 14.2. The Hall–Kier alpha value is -1.75. The van der Waals surface area contributed by atoms with E-state index in [4.69, 9.17) is 0 Å². The van der Waals surface area contributed by atoms with Crippen molar-refractivity contribution in [3.05, 3.63) is 64.1 Å². The average molecular weight is 349 g/mol. The molecule has 1 aliphatic heterocycles. The summed E-state index contributed by atoms with van der Waals surface area (Å²) >= 11 is 3.33. The van der Waals surface area contributed by atoms with Crippen LogP contribution in [0.3, 0.4) is 0 Å². The fourth-order valence-electron chi connectivity index (χ4n) is 2.76. The van der Waals surface area contributed by atoms with Gasteiger partial charge in [-0.25, -0.2) is 4.39 Å². The normalized spacial score (nSPS) is 18.0. The summed E-state index contributed by atoms with van der Waals surface area (Å²) in [5.41, 5.74) is 1.44. The molecule has 0 saturated carbocycles. The van der Waals surface area contributed by atoms with Crippen LogP contribution in [0.5, 0.6) is 0 Å². The van der Waals surface area contributed by atoms with E-state index in [1.54, 1.807) is 18.5 Å². The number of nitrogens with zero attached hydrogens (tertiary/aromatic N) is 2. The number of likely N-dealkylation sites (tertiary alicyclic amines) is 1. The lowest BCUT2D eigenvalue weighted by atomic mass is 10.1. The second-order valence-corrected chi connectivity index (χ2v) is 5.92. The SMILES string of the molecule is O=C(c1cc(F)ccc1Br)N1CCCC1c1ccncc1. The molecule has 1 amide bonds. The first-order valence-electron chi connectivity index (χ1n) is 6.83. The van der Waals surface area contributed by atoms with Crippen LogP contribution in [-0.4, -0.2) is 22.3 Å². The highest BCUT2D eigenvalue weighted by molar-refractivity contribution is 9.10. The molecular weight excluding hydrogens is 335 g/mol. The van der Waals surface area contributed by atoms with E-state index in [2.05, 4.69) is 20.9 Å². The van der Waals surface area contributed by atoms with Gasteiger partial charge in [0.25, 0.3) is 5.91 Å². The molecular formula is C16H14BrFN2O. The Bertz CT molecular complexity index is 663. The molecule has 3 nitrogen and oxygen atoms in total. The van der Waals surface area contributed by atoms with Crippen molar-refractivity contribution >= 4 is 21.8 Å². The topological polar surface area (TPSA) is 33.2 Å². The van der Waals surface area contributed by atoms with Crippen LogP contribution < -0.4 is 0 Å². The molecule has 1 saturated heterocycles. The van der Waals surface area contributed by atoms with Gasteiger partial charge in [-0.1, -0.05) is 0 Å². The highest BCUT2D eigenvalue weighted by Gasteiger charge is 2.31. The van der Waals surface area contributed by atoms with E-state index in [0.717, 1.165) is 18.4 Å². The maximum atomic E-state index is 13.4. The molecule has 0 spiro atoms. The van der Waals surface area contributed by atoms with Crippen molar-refractivity contribution in [2.75, 3.05) is 6.54 Å². The van der Waals surface area contributed by atoms with Gasteiger partial charge in [0.15, 0.2) is 0 Å². The number of amides is 1. The molecule has 1 unspecified atom stereocenters. The Balaban J connectivity index is 1.92. The molecule has 0 radical (unpaired) electrons. The summed E-state index contributed by atoms with van der Waals surface area (Å²) in [6.45, 7) is 0.689. The Kier molecular flexibility index (Phi) is 4.01. The van der Waals surface area contributed by atoms with Gasteiger partial charge in [0.05, 0.1) is 11.6 Å². The third kappa shape index (κ3) is 2.83. The zero-order valence-corrected chi connectivity index (χ0v) is 12.9. The molecule has 3 rings (SSSR count). The van der Waals surface area contributed by atoms with Gasteiger partial charge in [-0.05, 0) is 64.7 Å². The summed E-state index contributed by atoms with van der Waals surface area (Å²) < 4.78 is 14.0. The van der Waals surface area contributed by atoms with Gasteiger partial charge in [0, 0.05) is 23.4 Å². The largest absolute Gasteiger partial charge is 0.332 e. The molecule has 1 atom stereocenters. The highest BCUT2D eigenvalue weighted by atomic mass is 79.9. The number of hydrogen-bond acceptors (Lipinski definition) is 2. The van der Waals surface area contributed by atoms with Crippen molar-refractivity contribution < 1.29 is 9.18 Å². The first-order valence-corrected chi connectivity index (χ1v) is 7.62. The molecule has 0 aliphatic carbocycles. The van der Waals surface area contributed by atoms with Crippen molar-refractivity contribution in [1.29, 1.82) is 0 Å². The summed E-state index contributed by atoms with van der Waals surface area (Å²) in [6, 6.07) is 8.09. The van der Waals surface area contributed by atoms with Gasteiger partial charge in [-0.15, -0.1) is 0 Å². The minimum Gasteiger partial charge on any atom is -0.332 e. The molecule has 1 aromatic carbocycles. The Labute approximate surface area is 130 Å². The van der Waals surface area contributed by atoms with Crippen molar-refractivity contribution in [3.8, 4) is 0 Å². The average Bonchev–Trinajstić information content (AvgIpc) is 2.99. The van der Waals surface area contributed by atoms with E-state index in [-0.39, 0.29) is 11.9 Å². The lowest BCUT2D eigenvalue weighted by molar-refractivity contribution is 0.0734. The third-order valence-electron chi connectivity index (χ3n) is 3.76. The van der Waals surface area contributed by atoms with Gasteiger partial charge in [0.2, 0.25) is 0 Å². The fraction of sp³-hybridized carbons (Fsp3) is 0.250. The van der Waals surface area contributed by atoms with E-state index < -0.39 is 5.82 Å². The maximum Gasteiger partial charge on any atom is 0.255 e. The lowest BCUT2D eigenvalue weighted by Gasteiger charge is -2.25. The molecule has 21 heavy (non-hydrogen) atoms. The quantitative estimate of drug-likeness (QED) is 0.822. The van der Waals surface area contributed by atoms with Crippen LogP contribution >= 0.6 is 15.9 Å². The van der Waals surface area contributed by atoms with E-state index in [1.165, 1.54) is 12.1 Å². The molecule has 1 fully saturated rings. The van der Waals surface area contributed by atoms with Gasteiger partial charge in [-0.3, -0.25) is 9.78 Å². The van der Waals surface area contributed by atoms with Crippen molar-refractivity contribution in [3.63, 3.8) is 0 Å². The van der Waals surface area contributed by atoms with Crippen LogP contribution in [0.1, 0.15) is 34.8 Å². The number of aromatic nitrogens is 1. The van der Waals surface area contributed by atoms with Gasteiger partial charge < -0.3 is 4.90 Å². The molecule has 2 heterocycles. The summed E-state index contributed by atoms with van der Waals surface area (Å²) in [7, 11) is 0. The minimum atomic E-state index is -0.402. The van der Waals surface area contributed by atoms with Crippen molar-refractivity contribution in [2.24, 2.45) is 0 Å². The molecule has 0 bridgehead atoms. The Morgan fingerprint density at radius 3 is 2.81 bits per heavy atom. The monoisotopic (exact) mass is 348 g/mol. The lowest BCUT2D eigenvalue weighted by Crippen LogP contribution is -2.30. The molecule has 5 heteroatoms. The number of rotatable bonds is 2. The van der Waals surface area contributed by atoms with Crippen LogP contribution in [-0.2, 0) is 0 Å². The number of carbonyl (C=O) groups excluding carboxylic acids is 1. The minimum absolute atomic E-state index is 0.0377.